The first-order valence-corrected chi connectivity index (χ1v) is 10.5. The number of fused-ring (bicyclic) bond motifs is 3. The number of hydrogen-bond donors (Lipinski definition) is 3. The molecule has 31 heavy (non-hydrogen) atoms. The minimum atomic E-state index is -0.862. The minimum absolute atomic E-state index is 0.0802. The number of rotatable bonds is 3. The van der Waals surface area contributed by atoms with Crippen LogP contribution in [0.15, 0.2) is 42.6 Å². The molecule has 2 unspecified atom stereocenters. The van der Waals surface area contributed by atoms with E-state index in [4.69, 9.17) is 5.73 Å². The molecule has 2 amide bonds. The number of piperazine rings is 1. The zero-order chi connectivity index (χ0) is 22.4. The average Bonchev–Trinajstić information content (AvgIpc) is 2.75. The lowest BCUT2D eigenvalue weighted by molar-refractivity contribution is -0.0506. The molecule has 4 heterocycles. The van der Waals surface area contributed by atoms with Crippen molar-refractivity contribution < 1.29 is 14.7 Å². The highest BCUT2D eigenvalue weighted by Crippen LogP contribution is 2.48. The molecule has 3 saturated heterocycles. The van der Waals surface area contributed by atoms with Crippen molar-refractivity contribution in [3.63, 3.8) is 0 Å². The van der Waals surface area contributed by atoms with Crippen molar-refractivity contribution in [2.24, 2.45) is 5.41 Å². The van der Waals surface area contributed by atoms with Gasteiger partial charge in [0.05, 0.1) is 22.5 Å². The maximum absolute atomic E-state index is 12.6. The van der Waals surface area contributed by atoms with Crippen LogP contribution in [0.25, 0.3) is 0 Å². The number of nitrogens with zero attached hydrogens (tertiary/aromatic N) is 3. The van der Waals surface area contributed by atoms with E-state index in [-0.39, 0.29) is 17.4 Å². The van der Waals surface area contributed by atoms with Crippen molar-refractivity contribution in [1.29, 1.82) is 0 Å². The van der Waals surface area contributed by atoms with E-state index in [1.807, 2.05) is 18.2 Å². The van der Waals surface area contributed by atoms with Gasteiger partial charge in [-0.1, -0.05) is 32.9 Å². The highest BCUT2D eigenvalue weighted by molar-refractivity contribution is 6.05. The first-order chi connectivity index (χ1) is 14.6. The van der Waals surface area contributed by atoms with Gasteiger partial charge >= 0.3 is 6.09 Å². The number of piperidine rings is 2. The van der Waals surface area contributed by atoms with Crippen LogP contribution in [0.2, 0.25) is 0 Å². The van der Waals surface area contributed by atoms with Crippen molar-refractivity contribution in [2.75, 3.05) is 29.0 Å². The maximum Gasteiger partial charge on any atom is 0.407 e. The quantitative estimate of drug-likeness (QED) is 0.650. The van der Waals surface area contributed by atoms with Gasteiger partial charge in [0.2, 0.25) is 0 Å². The van der Waals surface area contributed by atoms with Gasteiger partial charge in [0.25, 0.3) is 5.91 Å². The van der Waals surface area contributed by atoms with Crippen LogP contribution in [-0.2, 0) is 0 Å². The summed E-state index contributed by atoms with van der Waals surface area (Å²) in [5, 5.41) is 12.6. The van der Waals surface area contributed by atoms with Crippen molar-refractivity contribution >= 4 is 29.2 Å². The van der Waals surface area contributed by atoms with E-state index in [9.17, 15) is 14.7 Å². The standard InChI is InChI=1S/C23H29N5O3/c1-22(2,3)23-11-10-16(13-28(23)21(30)31)27(14-23)19-9-8-15(12-25-19)20(29)26-18-7-5-4-6-17(18)24/h4-9,12,16H,10-11,13-14,24H2,1-3H3,(H,26,29)(H,30,31). The fraction of sp³-hybridized carbons (Fsp3) is 0.435. The fourth-order valence-corrected chi connectivity index (χ4v) is 4.89. The lowest BCUT2D eigenvalue weighted by Crippen LogP contribution is -2.75. The molecule has 2 bridgehead atoms. The van der Waals surface area contributed by atoms with Crippen molar-refractivity contribution in [3.05, 3.63) is 48.2 Å². The van der Waals surface area contributed by atoms with E-state index in [0.29, 0.717) is 30.0 Å². The summed E-state index contributed by atoms with van der Waals surface area (Å²) in [7, 11) is 0. The molecule has 8 heteroatoms. The molecule has 5 rings (SSSR count). The number of pyridine rings is 1. The molecule has 164 valence electrons. The summed E-state index contributed by atoms with van der Waals surface area (Å²) < 4.78 is 0. The molecule has 3 fully saturated rings. The number of anilines is 3. The zero-order valence-electron chi connectivity index (χ0n) is 18.1. The summed E-state index contributed by atoms with van der Waals surface area (Å²) in [6.07, 6.45) is 2.45. The first-order valence-electron chi connectivity index (χ1n) is 10.5. The topological polar surface area (TPSA) is 112 Å². The van der Waals surface area contributed by atoms with Crippen LogP contribution in [0.5, 0.6) is 0 Å². The molecular weight excluding hydrogens is 394 g/mol. The Bertz CT molecular complexity index is 1000. The first kappa shape index (κ1) is 21.0. The predicted octanol–water partition coefficient (Wildman–Crippen LogP) is 3.66. The summed E-state index contributed by atoms with van der Waals surface area (Å²) >= 11 is 0. The summed E-state index contributed by atoms with van der Waals surface area (Å²) in [6, 6.07) is 10.8. The summed E-state index contributed by atoms with van der Waals surface area (Å²) in [6.45, 7) is 7.35. The van der Waals surface area contributed by atoms with Gasteiger partial charge < -0.3 is 21.1 Å². The Morgan fingerprint density at radius 1 is 1.23 bits per heavy atom. The van der Waals surface area contributed by atoms with Crippen LogP contribution in [0.4, 0.5) is 22.0 Å². The third-order valence-electron chi connectivity index (χ3n) is 6.81. The van der Waals surface area contributed by atoms with E-state index in [1.54, 1.807) is 29.3 Å². The highest BCUT2D eigenvalue weighted by Gasteiger charge is 2.57. The zero-order valence-corrected chi connectivity index (χ0v) is 18.1. The van der Waals surface area contributed by atoms with Gasteiger partial charge in [0.15, 0.2) is 0 Å². The molecule has 1 aromatic carbocycles. The fourth-order valence-electron chi connectivity index (χ4n) is 4.89. The Morgan fingerprint density at radius 3 is 2.58 bits per heavy atom. The monoisotopic (exact) mass is 423 g/mol. The normalized spacial score (nSPS) is 23.0. The lowest BCUT2D eigenvalue weighted by atomic mass is 9.64. The van der Waals surface area contributed by atoms with Gasteiger partial charge in [0.1, 0.15) is 5.82 Å². The molecule has 4 N–H and O–H groups in total. The van der Waals surface area contributed by atoms with Gasteiger partial charge in [-0.2, -0.15) is 0 Å². The number of carbonyl (C=O) groups is 2. The molecule has 3 aliphatic heterocycles. The molecular formula is C23H29N5O3. The van der Waals surface area contributed by atoms with Crippen LogP contribution >= 0.6 is 0 Å². The second kappa shape index (κ2) is 7.44. The third kappa shape index (κ3) is 3.56. The second-order valence-corrected chi connectivity index (χ2v) is 9.44. The number of nitrogen functional groups attached to an aromatic ring is 1. The largest absolute Gasteiger partial charge is 0.465 e. The van der Waals surface area contributed by atoms with Crippen molar-refractivity contribution in [2.45, 2.75) is 45.2 Å². The summed E-state index contributed by atoms with van der Waals surface area (Å²) in [4.78, 5) is 32.9. The van der Waals surface area contributed by atoms with Crippen molar-refractivity contribution in [3.8, 4) is 0 Å². The number of carbonyl (C=O) groups excluding carboxylic acids is 1. The lowest BCUT2D eigenvalue weighted by Gasteiger charge is -2.63. The number of nitrogens with two attached hydrogens (primary N) is 1. The number of amides is 2. The molecule has 1 aromatic heterocycles. The Hall–Kier alpha value is -3.29. The number of benzene rings is 1. The van der Waals surface area contributed by atoms with E-state index in [1.165, 1.54) is 0 Å². The molecule has 2 aromatic rings. The Morgan fingerprint density at radius 2 is 1.97 bits per heavy atom. The van der Waals surface area contributed by atoms with E-state index >= 15 is 0 Å². The maximum atomic E-state index is 12.6. The van der Waals surface area contributed by atoms with Crippen LogP contribution in [0.1, 0.15) is 44.0 Å². The molecule has 0 saturated carbocycles. The SMILES string of the molecule is CC(C)(C)C12CCC(CN1C(=O)O)N(c1ccc(C(=O)Nc3ccccc3N)cn1)C2. The van der Waals surface area contributed by atoms with Gasteiger partial charge in [-0.15, -0.1) is 0 Å². The van der Waals surface area contributed by atoms with Crippen LogP contribution in [-0.4, -0.2) is 51.7 Å². The molecule has 0 aliphatic carbocycles. The van der Waals surface area contributed by atoms with Crippen LogP contribution < -0.4 is 16.0 Å². The molecule has 3 aliphatic rings. The molecule has 8 nitrogen and oxygen atoms in total. The van der Waals surface area contributed by atoms with E-state index in [0.717, 1.165) is 18.7 Å². The smallest absolute Gasteiger partial charge is 0.407 e. The van der Waals surface area contributed by atoms with Gasteiger partial charge in [-0.25, -0.2) is 9.78 Å². The van der Waals surface area contributed by atoms with Crippen molar-refractivity contribution in [1.82, 2.24) is 9.88 Å². The molecule has 0 radical (unpaired) electrons. The highest BCUT2D eigenvalue weighted by atomic mass is 16.4. The van der Waals surface area contributed by atoms with Gasteiger partial charge in [-0.3, -0.25) is 9.69 Å². The molecule has 0 spiro atoms. The minimum Gasteiger partial charge on any atom is -0.465 e. The van der Waals surface area contributed by atoms with E-state index in [2.05, 4.69) is 36.0 Å². The Balaban J connectivity index is 1.55. The summed E-state index contributed by atoms with van der Waals surface area (Å²) in [5.41, 5.74) is 6.70. The Kier molecular flexibility index (Phi) is 5.03. The number of hydrogen-bond acceptors (Lipinski definition) is 5. The number of carboxylic acid groups (broad SMARTS) is 1. The molecule has 2 atom stereocenters. The number of nitrogens with one attached hydrogen (secondary N) is 1. The van der Waals surface area contributed by atoms with E-state index < -0.39 is 11.6 Å². The van der Waals surface area contributed by atoms with Crippen LogP contribution in [0.3, 0.4) is 0 Å². The predicted molar refractivity (Wildman–Crippen MR) is 120 cm³/mol. The summed E-state index contributed by atoms with van der Waals surface area (Å²) in [5.74, 6) is 0.486. The number of aromatic nitrogens is 1. The Labute approximate surface area is 182 Å². The number of para-hydroxylation sites is 2. The van der Waals surface area contributed by atoms with Gasteiger partial charge in [-0.05, 0) is 42.5 Å². The second-order valence-electron chi connectivity index (χ2n) is 9.44. The third-order valence-corrected chi connectivity index (χ3v) is 6.81. The van der Waals surface area contributed by atoms with Crippen LogP contribution in [0, 0.1) is 5.41 Å². The average molecular weight is 424 g/mol. The van der Waals surface area contributed by atoms with Gasteiger partial charge in [0, 0.05) is 25.3 Å².